The third-order valence-electron chi connectivity index (χ3n) is 3.66. The molecule has 0 aliphatic heterocycles. The van der Waals surface area contributed by atoms with Crippen LogP contribution in [-0.2, 0) is 0 Å². The molecule has 1 atom stereocenters. The van der Waals surface area contributed by atoms with Crippen molar-refractivity contribution in [2.24, 2.45) is 5.92 Å². The van der Waals surface area contributed by atoms with Gasteiger partial charge in [0.05, 0.1) is 0 Å². The minimum atomic E-state index is 0.960. The lowest BCUT2D eigenvalue weighted by molar-refractivity contribution is 0.436. The lowest BCUT2D eigenvalue weighted by Gasteiger charge is -2.10. The molecule has 0 spiro atoms. The minimum Gasteiger partial charge on any atom is -0.103 e. The smallest absolute Gasteiger partial charge is 0.0353 e. The van der Waals surface area contributed by atoms with E-state index >= 15 is 0 Å². The van der Waals surface area contributed by atoms with E-state index in [1.807, 2.05) is 6.08 Å². The summed E-state index contributed by atoms with van der Waals surface area (Å²) in [6, 6.07) is 0. The van der Waals surface area contributed by atoms with E-state index in [4.69, 9.17) is 0 Å². The van der Waals surface area contributed by atoms with Crippen LogP contribution in [0.25, 0.3) is 0 Å². The zero-order valence-electron chi connectivity index (χ0n) is 12.3. The topological polar surface area (TPSA) is 0 Å². The van der Waals surface area contributed by atoms with Crippen molar-refractivity contribution in [3.05, 3.63) is 12.7 Å². The molecule has 17 heavy (non-hydrogen) atoms. The van der Waals surface area contributed by atoms with Crippen LogP contribution >= 0.6 is 0 Å². The maximum atomic E-state index is 3.76. The van der Waals surface area contributed by atoms with Gasteiger partial charge in [-0.2, -0.15) is 0 Å². The van der Waals surface area contributed by atoms with Crippen LogP contribution in [0, 0.1) is 5.92 Å². The predicted octanol–water partition coefficient (Wildman–Crippen LogP) is 6.51. The second-order valence-corrected chi connectivity index (χ2v) is 5.59. The van der Waals surface area contributed by atoms with Crippen LogP contribution in [0.15, 0.2) is 12.7 Å². The van der Waals surface area contributed by atoms with Gasteiger partial charge in [-0.05, 0) is 18.8 Å². The highest BCUT2D eigenvalue weighted by atomic mass is 14.1. The van der Waals surface area contributed by atoms with Crippen LogP contribution in [0.3, 0.4) is 0 Å². The van der Waals surface area contributed by atoms with Crippen molar-refractivity contribution in [3.8, 4) is 0 Å². The molecule has 0 aromatic carbocycles. The van der Waals surface area contributed by atoms with Crippen LogP contribution in [0.2, 0.25) is 0 Å². The van der Waals surface area contributed by atoms with Crippen LogP contribution in [0.1, 0.15) is 90.9 Å². The molecule has 0 saturated carbocycles. The number of allylic oxidation sites excluding steroid dienone is 1. The van der Waals surface area contributed by atoms with Crippen molar-refractivity contribution >= 4 is 0 Å². The lowest BCUT2D eigenvalue weighted by atomic mass is 9.96. The standard InChI is InChI=1S/C17H34/c1-4-6-8-9-10-11-12-14-16-17(3)15-13-7-5-2/h4,17H,1,5-16H2,2-3H3. The van der Waals surface area contributed by atoms with E-state index < -0.39 is 0 Å². The van der Waals surface area contributed by atoms with Crippen molar-refractivity contribution in [2.45, 2.75) is 90.9 Å². The molecule has 0 radical (unpaired) electrons. The summed E-state index contributed by atoms with van der Waals surface area (Å²) < 4.78 is 0. The molecule has 0 saturated heterocycles. The van der Waals surface area contributed by atoms with Gasteiger partial charge in [0.2, 0.25) is 0 Å². The fourth-order valence-corrected chi connectivity index (χ4v) is 2.38. The van der Waals surface area contributed by atoms with Crippen LogP contribution in [-0.4, -0.2) is 0 Å². The number of rotatable bonds is 13. The van der Waals surface area contributed by atoms with Crippen molar-refractivity contribution in [1.82, 2.24) is 0 Å². The Morgan fingerprint density at radius 3 is 1.94 bits per heavy atom. The summed E-state index contributed by atoms with van der Waals surface area (Å²) >= 11 is 0. The Labute approximate surface area is 110 Å². The highest BCUT2D eigenvalue weighted by molar-refractivity contribution is 4.65. The van der Waals surface area contributed by atoms with E-state index in [2.05, 4.69) is 20.4 Å². The highest BCUT2D eigenvalue weighted by Gasteiger charge is 2.01. The van der Waals surface area contributed by atoms with E-state index in [9.17, 15) is 0 Å². The van der Waals surface area contributed by atoms with Crippen molar-refractivity contribution in [1.29, 1.82) is 0 Å². The Hall–Kier alpha value is -0.260. The van der Waals surface area contributed by atoms with E-state index in [1.54, 1.807) is 0 Å². The number of unbranched alkanes of at least 4 members (excludes halogenated alkanes) is 8. The van der Waals surface area contributed by atoms with Crippen LogP contribution in [0.5, 0.6) is 0 Å². The Morgan fingerprint density at radius 1 is 0.824 bits per heavy atom. The fourth-order valence-electron chi connectivity index (χ4n) is 2.38. The lowest BCUT2D eigenvalue weighted by Crippen LogP contribution is -1.94. The molecule has 0 rings (SSSR count). The zero-order valence-corrected chi connectivity index (χ0v) is 12.3. The molecule has 0 N–H and O–H groups in total. The van der Waals surface area contributed by atoms with Gasteiger partial charge in [0.1, 0.15) is 0 Å². The summed E-state index contributed by atoms with van der Waals surface area (Å²) in [5.41, 5.74) is 0. The first-order valence-electron chi connectivity index (χ1n) is 7.92. The fraction of sp³-hybridized carbons (Fsp3) is 0.882. The van der Waals surface area contributed by atoms with Gasteiger partial charge in [-0.3, -0.25) is 0 Å². The molecule has 0 amide bonds. The molecule has 1 unspecified atom stereocenters. The average Bonchev–Trinajstić information content (AvgIpc) is 2.33. The van der Waals surface area contributed by atoms with Gasteiger partial charge in [-0.25, -0.2) is 0 Å². The molecule has 0 bridgehead atoms. The van der Waals surface area contributed by atoms with Gasteiger partial charge in [-0.1, -0.05) is 84.1 Å². The summed E-state index contributed by atoms with van der Waals surface area (Å²) in [6.07, 6.45) is 18.9. The average molecular weight is 238 g/mol. The molecule has 0 aromatic rings. The zero-order chi connectivity index (χ0) is 12.8. The van der Waals surface area contributed by atoms with E-state index in [0.29, 0.717) is 0 Å². The molecule has 0 heteroatoms. The monoisotopic (exact) mass is 238 g/mol. The van der Waals surface area contributed by atoms with Gasteiger partial charge in [0.25, 0.3) is 0 Å². The summed E-state index contributed by atoms with van der Waals surface area (Å²) in [5, 5.41) is 0. The summed E-state index contributed by atoms with van der Waals surface area (Å²) in [4.78, 5) is 0. The Balaban J connectivity index is 3.08. The van der Waals surface area contributed by atoms with E-state index in [1.165, 1.54) is 77.0 Å². The van der Waals surface area contributed by atoms with Crippen molar-refractivity contribution in [2.75, 3.05) is 0 Å². The SMILES string of the molecule is C=CCCCCCCCCC(C)CCCCC. The third kappa shape index (κ3) is 13.7. The number of hydrogen-bond donors (Lipinski definition) is 0. The first-order valence-corrected chi connectivity index (χ1v) is 7.92. The van der Waals surface area contributed by atoms with Gasteiger partial charge in [0, 0.05) is 0 Å². The van der Waals surface area contributed by atoms with Crippen LogP contribution in [0.4, 0.5) is 0 Å². The van der Waals surface area contributed by atoms with Crippen LogP contribution < -0.4 is 0 Å². The molecule has 0 fully saturated rings. The van der Waals surface area contributed by atoms with E-state index in [-0.39, 0.29) is 0 Å². The summed E-state index contributed by atoms with van der Waals surface area (Å²) in [5.74, 6) is 0.960. The maximum absolute atomic E-state index is 3.76. The van der Waals surface area contributed by atoms with Gasteiger partial charge < -0.3 is 0 Å². The Kier molecular flexibility index (Phi) is 13.6. The minimum absolute atomic E-state index is 0.960. The van der Waals surface area contributed by atoms with Gasteiger partial charge >= 0.3 is 0 Å². The molecule has 0 heterocycles. The summed E-state index contributed by atoms with van der Waals surface area (Å²) in [6.45, 7) is 8.48. The molecule has 0 aliphatic rings. The molecular formula is C17H34. The quantitative estimate of drug-likeness (QED) is 0.253. The van der Waals surface area contributed by atoms with Crippen molar-refractivity contribution < 1.29 is 0 Å². The Morgan fingerprint density at radius 2 is 1.35 bits per heavy atom. The first kappa shape index (κ1) is 16.7. The number of hydrogen-bond acceptors (Lipinski definition) is 0. The second-order valence-electron chi connectivity index (χ2n) is 5.59. The molecule has 0 aliphatic carbocycles. The van der Waals surface area contributed by atoms with Crippen molar-refractivity contribution in [3.63, 3.8) is 0 Å². The second kappa shape index (κ2) is 13.8. The maximum Gasteiger partial charge on any atom is -0.0353 e. The van der Waals surface area contributed by atoms with E-state index in [0.717, 1.165) is 5.92 Å². The summed E-state index contributed by atoms with van der Waals surface area (Å²) in [7, 11) is 0. The highest BCUT2D eigenvalue weighted by Crippen LogP contribution is 2.17. The normalized spacial score (nSPS) is 12.6. The predicted molar refractivity (Wildman–Crippen MR) is 80.4 cm³/mol. The molecule has 0 nitrogen and oxygen atoms in total. The molecule has 0 aromatic heterocycles. The largest absolute Gasteiger partial charge is 0.103 e. The molecule has 102 valence electrons. The Bertz CT molecular complexity index is 148. The first-order chi connectivity index (χ1) is 8.31. The third-order valence-corrected chi connectivity index (χ3v) is 3.66. The molecular weight excluding hydrogens is 204 g/mol. The van der Waals surface area contributed by atoms with Gasteiger partial charge in [0.15, 0.2) is 0 Å². The van der Waals surface area contributed by atoms with Gasteiger partial charge in [-0.15, -0.1) is 6.58 Å².